The summed E-state index contributed by atoms with van der Waals surface area (Å²) in [5.41, 5.74) is 6.50. The number of rotatable bonds is 7. The molecule has 1 fully saturated rings. The third-order valence-corrected chi connectivity index (χ3v) is 4.36. The zero-order valence-corrected chi connectivity index (χ0v) is 14.1. The summed E-state index contributed by atoms with van der Waals surface area (Å²) < 4.78 is 12.9. The minimum atomic E-state index is -0.791. The molecule has 0 radical (unpaired) electrons. The maximum Gasteiger partial charge on any atom is 0.239 e. The summed E-state index contributed by atoms with van der Waals surface area (Å²) in [7, 11) is 0. The van der Waals surface area contributed by atoms with E-state index in [4.69, 9.17) is 5.73 Å². The molecule has 3 N–H and O–H groups in total. The van der Waals surface area contributed by atoms with E-state index in [1.54, 1.807) is 6.92 Å². The first-order valence-electron chi connectivity index (χ1n) is 7.69. The van der Waals surface area contributed by atoms with Gasteiger partial charge in [0.1, 0.15) is 5.82 Å². The van der Waals surface area contributed by atoms with Crippen molar-refractivity contribution in [3.63, 3.8) is 0 Å². The van der Waals surface area contributed by atoms with Gasteiger partial charge in [0.15, 0.2) is 0 Å². The smallest absolute Gasteiger partial charge is 0.239 e. The Labute approximate surface area is 138 Å². The molecule has 0 bridgehead atoms. The Morgan fingerprint density at radius 1 is 1.36 bits per heavy atom. The second-order valence-corrected chi connectivity index (χ2v) is 6.65. The van der Waals surface area contributed by atoms with Crippen LogP contribution in [-0.4, -0.2) is 18.0 Å². The molecular formula is C17H26ClFN2O. The molecule has 2 rings (SSSR count). The van der Waals surface area contributed by atoms with Crippen LogP contribution in [0.25, 0.3) is 0 Å². The molecule has 5 heteroatoms. The summed E-state index contributed by atoms with van der Waals surface area (Å²) in [5, 5.41) is 3.00. The molecule has 1 aromatic rings. The highest BCUT2D eigenvalue weighted by Gasteiger charge is 2.43. The van der Waals surface area contributed by atoms with E-state index in [0.717, 1.165) is 31.2 Å². The molecular weight excluding hydrogens is 303 g/mol. The summed E-state index contributed by atoms with van der Waals surface area (Å²) in [5.74, 6) is -0.287. The van der Waals surface area contributed by atoms with E-state index in [0.29, 0.717) is 13.0 Å². The molecule has 1 aromatic carbocycles. The number of hydrogen-bond donors (Lipinski definition) is 2. The van der Waals surface area contributed by atoms with Gasteiger partial charge in [0.2, 0.25) is 5.91 Å². The van der Waals surface area contributed by atoms with Crippen LogP contribution in [0.1, 0.15) is 45.1 Å². The third-order valence-electron chi connectivity index (χ3n) is 4.36. The minimum Gasteiger partial charge on any atom is -0.354 e. The maximum atomic E-state index is 12.9. The van der Waals surface area contributed by atoms with Crippen LogP contribution in [0.5, 0.6) is 0 Å². The van der Waals surface area contributed by atoms with E-state index in [1.165, 1.54) is 12.1 Å². The van der Waals surface area contributed by atoms with E-state index in [1.807, 2.05) is 19.1 Å². The molecule has 0 aromatic heterocycles. The summed E-state index contributed by atoms with van der Waals surface area (Å²) in [6, 6.07) is 6.62. The van der Waals surface area contributed by atoms with Gasteiger partial charge < -0.3 is 11.1 Å². The third kappa shape index (κ3) is 4.96. The molecule has 1 unspecified atom stereocenters. The fraction of sp³-hybridized carbons (Fsp3) is 0.588. The Hall–Kier alpha value is -1.13. The first-order valence-corrected chi connectivity index (χ1v) is 7.69. The van der Waals surface area contributed by atoms with Crippen LogP contribution in [0, 0.1) is 11.2 Å². The number of nitrogens with two attached hydrogens (primary N) is 1. The number of benzene rings is 1. The average Bonchev–Trinajstić information content (AvgIpc) is 3.19. The van der Waals surface area contributed by atoms with E-state index in [2.05, 4.69) is 5.32 Å². The zero-order chi connectivity index (χ0) is 15.5. The molecule has 0 aliphatic heterocycles. The Morgan fingerprint density at radius 3 is 2.45 bits per heavy atom. The molecule has 0 spiro atoms. The monoisotopic (exact) mass is 328 g/mol. The standard InChI is InChI=1S/C17H25FN2O.ClH/c1-3-8-16(2,19)15(21)20-12-17(9-10-17)11-13-4-6-14(18)7-5-13;/h4-7H,3,8-12,19H2,1-2H3,(H,20,21);1H. The lowest BCUT2D eigenvalue weighted by molar-refractivity contribution is -0.126. The molecule has 1 atom stereocenters. The van der Waals surface area contributed by atoms with Crippen molar-refractivity contribution < 1.29 is 9.18 Å². The number of carbonyl (C=O) groups is 1. The molecule has 1 saturated carbocycles. The van der Waals surface area contributed by atoms with Crippen molar-refractivity contribution in [2.75, 3.05) is 6.54 Å². The van der Waals surface area contributed by atoms with Gasteiger partial charge in [0.05, 0.1) is 5.54 Å². The minimum absolute atomic E-state index is 0. The lowest BCUT2D eigenvalue weighted by atomic mass is 9.94. The van der Waals surface area contributed by atoms with Crippen molar-refractivity contribution in [2.45, 2.75) is 51.5 Å². The van der Waals surface area contributed by atoms with Crippen LogP contribution in [0.2, 0.25) is 0 Å². The first-order chi connectivity index (χ1) is 9.87. The van der Waals surface area contributed by atoms with Gasteiger partial charge in [0, 0.05) is 6.54 Å². The maximum absolute atomic E-state index is 12.9. The summed E-state index contributed by atoms with van der Waals surface area (Å²) in [4.78, 5) is 12.1. The molecule has 3 nitrogen and oxygen atoms in total. The molecule has 0 heterocycles. The van der Waals surface area contributed by atoms with Gasteiger partial charge in [-0.1, -0.05) is 25.5 Å². The van der Waals surface area contributed by atoms with E-state index in [-0.39, 0.29) is 29.5 Å². The Morgan fingerprint density at radius 2 is 1.95 bits per heavy atom. The molecule has 22 heavy (non-hydrogen) atoms. The van der Waals surface area contributed by atoms with Crippen LogP contribution in [0.15, 0.2) is 24.3 Å². The van der Waals surface area contributed by atoms with Gasteiger partial charge >= 0.3 is 0 Å². The average molecular weight is 329 g/mol. The van der Waals surface area contributed by atoms with Crippen molar-refractivity contribution in [3.8, 4) is 0 Å². The van der Waals surface area contributed by atoms with Crippen LogP contribution in [0.3, 0.4) is 0 Å². The lowest BCUT2D eigenvalue weighted by Gasteiger charge is -2.25. The molecule has 1 aliphatic carbocycles. The van der Waals surface area contributed by atoms with Crippen LogP contribution < -0.4 is 11.1 Å². The number of hydrogen-bond acceptors (Lipinski definition) is 2. The second-order valence-electron chi connectivity index (χ2n) is 6.65. The van der Waals surface area contributed by atoms with Crippen molar-refractivity contribution in [1.29, 1.82) is 0 Å². The predicted molar refractivity (Wildman–Crippen MR) is 89.5 cm³/mol. The first kappa shape index (κ1) is 18.9. The highest BCUT2D eigenvalue weighted by Crippen LogP contribution is 2.47. The molecule has 1 aliphatic rings. The predicted octanol–water partition coefficient (Wildman–Crippen LogP) is 3.20. The van der Waals surface area contributed by atoms with E-state index in [9.17, 15) is 9.18 Å². The number of carbonyl (C=O) groups excluding carboxylic acids is 1. The van der Waals surface area contributed by atoms with Crippen LogP contribution in [0.4, 0.5) is 4.39 Å². The van der Waals surface area contributed by atoms with Gasteiger partial charge in [-0.25, -0.2) is 4.39 Å². The SMILES string of the molecule is CCCC(C)(N)C(=O)NCC1(Cc2ccc(F)cc2)CC1.Cl. The van der Waals surface area contributed by atoms with Gasteiger partial charge in [-0.2, -0.15) is 0 Å². The van der Waals surface area contributed by atoms with Crippen molar-refractivity contribution in [3.05, 3.63) is 35.6 Å². The fourth-order valence-electron chi connectivity index (χ4n) is 2.73. The normalized spacial score (nSPS) is 18.0. The number of nitrogens with one attached hydrogen (secondary N) is 1. The topological polar surface area (TPSA) is 55.1 Å². The molecule has 124 valence electrons. The van der Waals surface area contributed by atoms with Gasteiger partial charge in [0.25, 0.3) is 0 Å². The van der Waals surface area contributed by atoms with Crippen LogP contribution in [-0.2, 0) is 11.2 Å². The van der Waals surface area contributed by atoms with Gasteiger partial charge in [-0.15, -0.1) is 12.4 Å². The van der Waals surface area contributed by atoms with Gasteiger partial charge in [-0.05, 0) is 55.7 Å². The molecule has 0 saturated heterocycles. The fourth-order valence-corrected chi connectivity index (χ4v) is 2.73. The highest BCUT2D eigenvalue weighted by atomic mass is 35.5. The largest absolute Gasteiger partial charge is 0.354 e. The van der Waals surface area contributed by atoms with Crippen LogP contribution >= 0.6 is 12.4 Å². The molecule has 1 amide bonds. The Bertz CT molecular complexity index is 498. The van der Waals surface area contributed by atoms with E-state index >= 15 is 0 Å². The Kier molecular flexibility index (Phi) is 6.38. The second kappa shape index (κ2) is 7.42. The highest BCUT2D eigenvalue weighted by molar-refractivity contribution is 5.85. The van der Waals surface area contributed by atoms with Crippen molar-refractivity contribution >= 4 is 18.3 Å². The van der Waals surface area contributed by atoms with Gasteiger partial charge in [-0.3, -0.25) is 4.79 Å². The Balaban J connectivity index is 0.00000242. The summed E-state index contributed by atoms with van der Waals surface area (Å²) in [6.45, 7) is 4.46. The summed E-state index contributed by atoms with van der Waals surface area (Å²) >= 11 is 0. The van der Waals surface area contributed by atoms with E-state index < -0.39 is 5.54 Å². The quantitative estimate of drug-likeness (QED) is 0.807. The van der Waals surface area contributed by atoms with Crippen molar-refractivity contribution in [1.82, 2.24) is 5.32 Å². The van der Waals surface area contributed by atoms with Crippen molar-refractivity contribution in [2.24, 2.45) is 11.1 Å². The zero-order valence-electron chi connectivity index (χ0n) is 13.3. The number of amides is 1. The number of halogens is 2. The summed E-state index contributed by atoms with van der Waals surface area (Å²) in [6.07, 6.45) is 4.65. The lowest BCUT2D eigenvalue weighted by Crippen LogP contribution is -2.52.